The summed E-state index contributed by atoms with van der Waals surface area (Å²) in [4.78, 5) is 13.8. The monoisotopic (exact) mass is 256 g/mol. The zero-order valence-corrected chi connectivity index (χ0v) is 12.0. The third-order valence-electron chi connectivity index (χ3n) is 3.95. The summed E-state index contributed by atoms with van der Waals surface area (Å²) >= 11 is 0. The summed E-state index contributed by atoms with van der Waals surface area (Å²) in [6.07, 6.45) is 5.87. The Morgan fingerprint density at radius 2 is 2.17 bits per heavy atom. The minimum atomic E-state index is -0.825. The molecule has 18 heavy (non-hydrogen) atoms. The summed E-state index contributed by atoms with van der Waals surface area (Å²) in [6, 6.07) is 0.495. The normalized spacial score (nSPS) is 25.4. The Labute approximate surface area is 111 Å². The van der Waals surface area contributed by atoms with Crippen LogP contribution in [0.15, 0.2) is 0 Å². The van der Waals surface area contributed by atoms with Gasteiger partial charge in [0.1, 0.15) is 5.54 Å². The average molecular weight is 256 g/mol. The minimum Gasteiger partial charge on any atom is -0.480 e. The predicted molar refractivity (Wildman–Crippen MR) is 73.8 cm³/mol. The highest BCUT2D eigenvalue weighted by Gasteiger charge is 2.35. The first kappa shape index (κ1) is 15.4. The van der Waals surface area contributed by atoms with Crippen LogP contribution in [0.3, 0.4) is 0 Å². The average Bonchev–Trinajstić information content (AvgIpc) is 2.52. The molecule has 2 N–H and O–H groups in total. The van der Waals surface area contributed by atoms with Crippen LogP contribution in [-0.2, 0) is 4.79 Å². The highest BCUT2D eigenvalue weighted by Crippen LogP contribution is 2.19. The number of likely N-dealkylation sites (tertiary alicyclic amines) is 1. The lowest BCUT2D eigenvalue weighted by atomic mass is 10.00. The first-order chi connectivity index (χ1) is 8.49. The lowest BCUT2D eigenvalue weighted by Gasteiger charge is -2.35. The van der Waals surface area contributed by atoms with Crippen molar-refractivity contribution in [3.63, 3.8) is 0 Å². The summed E-state index contributed by atoms with van der Waals surface area (Å²) < 4.78 is 0. The maximum atomic E-state index is 11.5. The number of carboxylic acid groups (broad SMARTS) is 1. The van der Waals surface area contributed by atoms with E-state index >= 15 is 0 Å². The third-order valence-corrected chi connectivity index (χ3v) is 3.95. The molecule has 0 spiro atoms. The largest absolute Gasteiger partial charge is 0.480 e. The summed E-state index contributed by atoms with van der Waals surface area (Å²) in [7, 11) is 0. The molecule has 2 unspecified atom stereocenters. The molecule has 1 fully saturated rings. The highest BCUT2D eigenvalue weighted by atomic mass is 16.4. The maximum absolute atomic E-state index is 11.5. The zero-order chi connectivity index (χ0) is 13.6. The Morgan fingerprint density at radius 1 is 1.44 bits per heavy atom. The molecule has 2 atom stereocenters. The van der Waals surface area contributed by atoms with Gasteiger partial charge in [0.05, 0.1) is 0 Å². The molecular weight excluding hydrogens is 228 g/mol. The molecule has 1 rings (SSSR count). The molecule has 4 nitrogen and oxygen atoms in total. The van der Waals surface area contributed by atoms with Crippen LogP contribution in [0, 0.1) is 0 Å². The van der Waals surface area contributed by atoms with Gasteiger partial charge in [-0.15, -0.1) is 0 Å². The van der Waals surface area contributed by atoms with Gasteiger partial charge >= 0.3 is 5.97 Å². The lowest BCUT2D eigenvalue weighted by molar-refractivity contribution is -0.145. The van der Waals surface area contributed by atoms with Crippen molar-refractivity contribution in [2.75, 3.05) is 19.6 Å². The Balaban J connectivity index is 2.66. The molecule has 0 aliphatic carbocycles. The van der Waals surface area contributed by atoms with E-state index in [2.05, 4.69) is 24.1 Å². The molecule has 0 aromatic carbocycles. The van der Waals surface area contributed by atoms with E-state index in [1.54, 1.807) is 0 Å². The molecule has 1 aliphatic heterocycles. The Hall–Kier alpha value is -0.610. The van der Waals surface area contributed by atoms with Crippen LogP contribution in [0.5, 0.6) is 0 Å². The Bertz CT molecular complexity index is 271. The van der Waals surface area contributed by atoms with Gasteiger partial charge in [-0.05, 0) is 46.2 Å². The number of nitrogens with zero attached hydrogens (tertiary/aromatic N) is 1. The molecule has 0 saturated carbocycles. The van der Waals surface area contributed by atoms with Crippen LogP contribution in [0.2, 0.25) is 0 Å². The fourth-order valence-corrected chi connectivity index (χ4v) is 2.58. The van der Waals surface area contributed by atoms with Gasteiger partial charge < -0.3 is 10.4 Å². The van der Waals surface area contributed by atoms with Gasteiger partial charge in [-0.1, -0.05) is 19.8 Å². The number of hydrogen-bond acceptors (Lipinski definition) is 3. The molecule has 0 aromatic rings. The van der Waals surface area contributed by atoms with Gasteiger partial charge in [0.25, 0.3) is 0 Å². The van der Waals surface area contributed by atoms with E-state index in [-0.39, 0.29) is 0 Å². The number of carbonyl (C=O) groups is 1. The van der Waals surface area contributed by atoms with E-state index in [0.717, 1.165) is 19.5 Å². The number of carboxylic acids is 1. The van der Waals surface area contributed by atoms with Gasteiger partial charge in [-0.25, -0.2) is 0 Å². The quantitative estimate of drug-likeness (QED) is 0.764. The SMILES string of the molecule is CCCNC(C)(CN1CCCCCC1C)C(=O)O. The first-order valence-corrected chi connectivity index (χ1v) is 7.22. The van der Waals surface area contributed by atoms with E-state index in [1.807, 2.05) is 6.92 Å². The summed E-state index contributed by atoms with van der Waals surface area (Å²) in [5.74, 6) is -0.743. The van der Waals surface area contributed by atoms with E-state index in [0.29, 0.717) is 12.6 Å². The van der Waals surface area contributed by atoms with Crippen molar-refractivity contribution in [2.24, 2.45) is 0 Å². The number of aliphatic carboxylic acids is 1. The van der Waals surface area contributed by atoms with Crippen molar-refractivity contribution < 1.29 is 9.90 Å². The summed E-state index contributed by atoms with van der Waals surface area (Å²) in [5.41, 5.74) is -0.825. The second-order valence-electron chi connectivity index (χ2n) is 5.73. The van der Waals surface area contributed by atoms with E-state index in [9.17, 15) is 9.90 Å². The molecule has 1 aliphatic rings. The van der Waals surface area contributed by atoms with E-state index < -0.39 is 11.5 Å². The Kier molecular flexibility index (Phi) is 6.09. The molecule has 0 amide bonds. The molecule has 0 bridgehead atoms. The summed E-state index contributed by atoms with van der Waals surface area (Å²) in [6.45, 7) is 8.46. The molecule has 4 heteroatoms. The van der Waals surface area contributed by atoms with Crippen LogP contribution in [-0.4, -0.2) is 47.2 Å². The first-order valence-electron chi connectivity index (χ1n) is 7.22. The smallest absolute Gasteiger partial charge is 0.324 e. The van der Waals surface area contributed by atoms with Crippen LogP contribution < -0.4 is 5.32 Å². The fourth-order valence-electron chi connectivity index (χ4n) is 2.58. The molecule has 1 saturated heterocycles. The minimum absolute atomic E-state index is 0.495. The second kappa shape index (κ2) is 7.10. The predicted octanol–water partition coefficient (Wildman–Crippen LogP) is 2.09. The van der Waals surface area contributed by atoms with Gasteiger partial charge in [0.15, 0.2) is 0 Å². The van der Waals surface area contributed by atoms with Crippen LogP contribution in [0.1, 0.15) is 52.9 Å². The molecule has 1 heterocycles. The van der Waals surface area contributed by atoms with E-state index in [1.165, 1.54) is 25.7 Å². The second-order valence-corrected chi connectivity index (χ2v) is 5.73. The van der Waals surface area contributed by atoms with Crippen LogP contribution in [0.25, 0.3) is 0 Å². The third kappa shape index (κ3) is 4.25. The highest BCUT2D eigenvalue weighted by molar-refractivity contribution is 5.78. The number of rotatable bonds is 6. The number of hydrogen-bond donors (Lipinski definition) is 2. The van der Waals surface area contributed by atoms with Crippen molar-refractivity contribution in [1.29, 1.82) is 0 Å². The number of nitrogens with one attached hydrogen (secondary N) is 1. The van der Waals surface area contributed by atoms with Crippen molar-refractivity contribution >= 4 is 5.97 Å². The maximum Gasteiger partial charge on any atom is 0.324 e. The van der Waals surface area contributed by atoms with Gasteiger partial charge in [-0.2, -0.15) is 0 Å². The molecule has 0 aromatic heterocycles. The lowest BCUT2D eigenvalue weighted by Crippen LogP contribution is -2.58. The zero-order valence-electron chi connectivity index (χ0n) is 12.0. The van der Waals surface area contributed by atoms with Crippen molar-refractivity contribution in [3.8, 4) is 0 Å². The standard InChI is InChI=1S/C14H28N2O2/c1-4-9-15-14(3,13(17)18)11-16-10-7-5-6-8-12(16)2/h12,15H,4-11H2,1-3H3,(H,17,18). The topological polar surface area (TPSA) is 52.6 Å². The van der Waals surface area contributed by atoms with Crippen LogP contribution in [0.4, 0.5) is 0 Å². The van der Waals surface area contributed by atoms with E-state index in [4.69, 9.17) is 0 Å². The molecular formula is C14H28N2O2. The summed E-state index contributed by atoms with van der Waals surface area (Å²) in [5, 5.41) is 12.6. The fraction of sp³-hybridized carbons (Fsp3) is 0.929. The van der Waals surface area contributed by atoms with Gasteiger partial charge in [0.2, 0.25) is 0 Å². The van der Waals surface area contributed by atoms with Crippen LogP contribution >= 0.6 is 0 Å². The van der Waals surface area contributed by atoms with Crippen molar-refractivity contribution in [1.82, 2.24) is 10.2 Å². The van der Waals surface area contributed by atoms with Crippen molar-refractivity contribution in [2.45, 2.75) is 64.5 Å². The Morgan fingerprint density at radius 3 is 2.78 bits per heavy atom. The molecule has 0 radical (unpaired) electrons. The van der Waals surface area contributed by atoms with Gasteiger partial charge in [-0.3, -0.25) is 9.69 Å². The van der Waals surface area contributed by atoms with Gasteiger partial charge in [0, 0.05) is 12.6 Å². The van der Waals surface area contributed by atoms with Crippen molar-refractivity contribution in [3.05, 3.63) is 0 Å². The molecule has 106 valence electrons.